The highest BCUT2D eigenvalue weighted by Gasteiger charge is 2.34. The Labute approximate surface area is 73.9 Å². The average molecular weight is 190 g/mol. The lowest BCUT2D eigenvalue weighted by atomic mass is 10.1. The fraction of sp³-hybridized carbons (Fsp3) is 0.333. The number of furan rings is 1. The number of hydrogen-bond acceptors (Lipinski definition) is 1. The van der Waals surface area contributed by atoms with E-state index in [1.165, 1.54) is 12.1 Å². The van der Waals surface area contributed by atoms with Crippen molar-refractivity contribution in [2.75, 3.05) is 0 Å². The molecule has 0 radical (unpaired) electrons. The fourth-order valence-electron chi connectivity index (χ4n) is 0.866. The lowest BCUT2D eigenvalue weighted by Gasteiger charge is -2.02. The third kappa shape index (κ3) is 2.14. The summed E-state index contributed by atoms with van der Waals surface area (Å²) < 4.78 is 40.8. The van der Waals surface area contributed by atoms with Crippen LogP contribution in [0.4, 0.5) is 13.2 Å². The van der Waals surface area contributed by atoms with Crippen LogP contribution >= 0.6 is 0 Å². The monoisotopic (exact) mass is 190 g/mol. The molecule has 0 fully saturated rings. The van der Waals surface area contributed by atoms with Gasteiger partial charge in [0.1, 0.15) is 5.76 Å². The van der Waals surface area contributed by atoms with Gasteiger partial charge in [0, 0.05) is 5.92 Å². The van der Waals surface area contributed by atoms with Crippen LogP contribution in [0.5, 0.6) is 0 Å². The van der Waals surface area contributed by atoms with E-state index in [9.17, 15) is 13.2 Å². The maximum atomic E-state index is 12.0. The first-order valence-corrected chi connectivity index (χ1v) is 3.74. The van der Waals surface area contributed by atoms with E-state index in [0.717, 1.165) is 6.07 Å². The van der Waals surface area contributed by atoms with Gasteiger partial charge in [0.05, 0.1) is 0 Å². The summed E-state index contributed by atoms with van der Waals surface area (Å²) in [6, 6.07) is 2.24. The Kier molecular flexibility index (Phi) is 2.50. The van der Waals surface area contributed by atoms with E-state index in [-0.39, 0.29) is 11.7 Å². The Morgan fingerprint density at radius 1 is 1.46 bits per heavy atom. The second-order valence-corrected chi connectivity index (χ2v) is 2.72. The molecule has 0 amide bonds. The molecule has 1 nitrogen and oxygen atoms in total. The third-order valence-corrected chi connectivity index (χ3v) is 1.71. The quantitative estimate of drug-likeness (QED) is 0.649. The normalized spacial score (nSPS) is 14.2. The zero-order valence-corrected chi connectivity index (χ0v) is 7.06. The molecule has 1 unspecified atom stereocenters. The van der Waals surface area contributed by atoms with Crippen LogP contribution in [0.25, 0.3) is 0 Å². The van der Waals surface area contributed by atoms with E-state index in [1.807, 2.05) is 0 Å². The second-order valence-electron chi connectivity index (χ2n) is 2.72. The van der Waals surface area contributed by atoms with Crippen LogP contribution in [0.15, 0.2) is 29.2 Å². The van der Waals surface area contributed by atoms with Crippen molar-refractivity contribution < 1.29 is 17.6 Å². The standard InChI is InChI=1S/C9H9F3O/c1-3-6(2)7-4-5-8(13-7)9(10,11)12/h3-6H,1H2,2H3. The van der Waals surface area contributed by atoms with Crippen LogP contribution in [0, 0.1) is 0 Å². The molecule has 1 aromatic heterocycles. The maximum absolute atomic E-state index is 12.0. The van der Waals surface area contributed by atoms with Crippen molar-refractivity contribution in [2.45, 2.75) is 19.0 Å². The minimum Gasteiger partial charge on any atom is -0.456 e. The number of rotatable bonds is 2. The third-order valence-electron chi connectivity index (χ3n) is 1.71. The number of hydrogen-bond donors (Lipinski definition) is 0. The highest BCUT2D eigenvalue weighted by molar-refractivity contribution is 5.15. The predicted octanol–water partition coefficient (Wildman–Crippen LogP) is 3.59. The van der Waals surface area contributed by atoms with Crippen molar-refractivity contribution in [3.05, 3.63) is 36.3 Å². The molecule has 1 atom stereocenters. The maximum Gasteiger partial charge on any atom is 0.449 e. The SMILES string of the molecule is C=CC(C)c1ccc(C(F)(F)F)o1. The average Bonchev–Trinajstić information content (AvgIpc) is 2.50. The molecular formula is C9H9F3O. The molecule has 4 heteroatoms. The van der Waals surface area contributed by atoms with Crippen molar-refractivity contribution in [1.82, 2.24) is 0 Å². The molecule has 13 heavy (non-hydrogen) atoms. The Morgan fingerprint density at radius 2 is 2.08 bits per heavy atom. The van der Waals surface area contributed by atoms with Gasteiger partial charge in [0.25, 0.3) is 0 Å². The van der Waals surface area contributed by atoms with Crippen molar-refractivity contribution in [1.29, 1.82) is 0 Å². The van der Waals surface area contributed by atoms with E-state index in [2.05, 4.69) is 11.0 Å². The van der Waals surface area contributed by atoms with Crippen molar-refractivity contribution >= 4 is 0 Å². The second kappa shape index (κ2) is 3.28. The van der Waals surface area contributed by atoms with Gasteiger partial charge in [0.15, 0.2) is 0 Å². The first kappa shape index (κ1) is 9.89. The van der Waals surface area contributed by atoms with E-state index in [0.29, 0.717) is 0 Å². The minimum absolute atomic E-state index is 0.198. The van der Waals surface area contributed by atoms with Gasteiger partial charge >= 0.3 is 6.18 Å². The van der Waals surface area contributed by atoms with Gasteiger partial charge in [-0.1, -0.05) is 13.0 Å². The summed E-state index contributed by atoms with van der Waals surface area (Å²) in [6.07, 6.45) is -2.88. The summed E-state index contributed by atoms with van der Waals surface area (Å²) in [6.45, 7) is 5.18. The molecular weight excluding hydrogens is 181 g/mol. The van der Waals surface area contributed by atoms with Crippen LogP contribution in [0.2, 0.25) is 0 Å². The van der Waals surface area contributed by atoms with Crippen molar-refractivity contribution in [3.63, 3.8) is 0 Å². The summed E-state index contributed by atoms with van der Waals surface area (Å²) >= 11 is 0. The van der Waals surface area contributed by atoms with Gasteiger partial charge < -0.3 is 4.42 Å². The molecule has 0 N–H and O–H groups in total. The first-order valence-electron chi connectivity index (χ1n) is 3.74. The van der Waals surface area contributed by atoms with E-state index in [4.69, 9.17) is 0 Å². The smallest absolute Gasteiger partial charge is 0.449 e. The molecule has 0 saturated carbocycles. The van der Waals surface area contributed by atoms with E-state index in [1.54, 1.807) is 6.92 Å². The lowest BCUT2D eigenvalue weighted by molar-refractivity contribution is -0.153. The number of halogens is 3. The minimum atomic E-state index is -4.40. The molecule has 0 aromatic carbocycles. The van der Waals surface area contributed by atoms with Gasteiger partial charge in [-0.15, -0.1) is 6.58 Å². The largest absolute Gasteiger partial charge is 0.456 e. The van der Waals surface area contributed by atoms with Crippen LogP contribution in [-0.2, 0) is 6.18 Å². The molecule has 1 rings (SSSR count). The van der Waals surface area contributed by atoms with Crippen molar-refractivity contribution in [2.24, 2.45) is 0 Å². The Bertz CT molecular complexity index is 298. The summed E-state index contributed by atoms with van der Waals surface area (Å²) in [7, 11) is 0. The molecule has 0 aliphatic heterocycles. The fourth-order valence-corrected chi connectivity index (χ4v) is 0.866. The van der Waals surface area contributed by atoms with E-state index >= 15 is 0 Å². The molecule has 1 aromatic rings. The summed E-state index contributed by atoms with van der Waals surface area (Å²) in [4.78, 5) is 0. The summed E-state index contributed by atoms with van der Waals surface area (Å²) in [5.41, 5.74) is 0. The Hall–Kier alpha value is -1.19. The Morgan fingerprint density at radius 3 is 2.46 bits per heavy atom. The molecule has 0 bridgehead atoms. The zero-order valence-electron chi connectivity index (χ0n) is 7.06. The molecule has 0 aliphatic rings. The van der Waals surface area contributed by atoms with Crippen LogP contribution in [-0.4, -0.2) is 0 Å². The van der Waals surface area contributed by atoms with Gasteiger partial charge in [-0.05, 0) is 12.1 Å². The van der Waals surface area contributed by atoms with Crippen LogP contribution in [0.1, 0.15) is 24.4 Å². The molecule has 0 aliphatic carbocycles. The Balaban J connectivity index is 2.93. The number of allylic oxidation sites excluding steroid dienone is 1. The zero-order chi connectivity index (χ0) is 10.1. The van der Waals surface area contributed by atoms with Gasteiger partial charge in [-0.25, -0.2) is 0 Å². The highest BCUT2D eigenvalue weighted by atomic mass is 19.4. The van der Waals surface area contributed by atoms with Gasteiger partial charge in [-0.2, -0.15) is 13.2 Å². The highest BCUT2D eigenvalue weighted by Crippen LogP contribution is 2.32. The molecule has 0 saturated heterocycles. The van der Waals surface area contributed by atoms with Gasteiger partial charge in [-0.3, -0.25) is 0 Å². The van der Waals surface area contributed by atoms with Crippen molar-refractivity contribution in [3.8, 4) is 0 Å². The molecule has 0 spiro atoms. The van der Waals surface area contributed by atoms with Gasteiger partial charge in [0.2, 0.25) is 5.76 Å². The first-order chi connectivity index (χ1) is 5.95. The van der Waals surface area contributed by atoms with E-state index < -0.39 is 11.9 Å². The molecule has 72 valence electrons. The molecule has 1 heterocycles. The predicted molar refractivity (Wildman–Crippen MR) is 42.3 cm³/mol. The van der Waals surface area contributed by atoms with Crippen LogP contribution in [0.3, 0.4) is 0 Å². The number of alkyl halides is 3. The topological polar surface area (TPSA) is 13.1 Å². The van der Waals surface area contributed by atoms with Crippen LogP contribution < -0.4 is 0 Å². The lowest BCUT2D eigenvalue weighted by Crippen LogP contribution is -2.02. The summed E-state index contributed by atoms with van der Waals surface area (Å²) in [5.74, 6) is -0.880. The summed E-state index contributed by atoms with van der Waals surface area (Å²) in [5, 5.41) is 0.